The lowest BCUT2D eigenvalue weighted by Gasteiger charge is -2.27. The Bertz CT molecular complexity index is 613. The highest BCUT2D eigenvalue weighted by Gasteiger charge is 2.25. The largest absolute Gasteiger partial charge is 0.444 e. The van der Waals surface area contributed by atoms with E-state index in [0.717, 1.165) is 25.7 Å². The topological polar surface area (TPSA) is 181 Å². The summed E-state index contributed by atoms with van der Waals surface area (Å²) >= 11 is 0. The third kappa shape index (κ3) is 11.4. The fraction of sp³-hybridized carbons (Fsp3) is 0.833. The lowest BCUT2D eigenvalue weighted by Crippen LogP contribution is -2.49. The van der Waals surface area contributed by atoms with Gasteiger partial charge < -0.3 is 31.5 Å². The molecule has 12 heteroatoms. The minimum absolute atomic E-state index is 0.240. The van der Waals surface area contributed by atoms with Gasteiger partial charge in [-0.2, -0.15) is 0 Å². The highest BCUT2D eigenvalue weighted by Crippen LogP contribution is 2.23. The molecule has 0 aromatic rings. The molecule has 2 amide bonds. The Hall–Kier alpha value is -2.63. The molecule has 0 radical (unpaired) electrons. The van der Waals surface area contributed by atoms with E-state index >= 15 is 0 Å². The van der Waals surface area contributed by atoms with Gasteiger partial charge in [0.1, 0.15) is 16.7 Å². The summed E-state index contributed by atoms with van der Waals surface area (Å²) in [6, 6.07) is -0.829. The van der Waals surface area contributed by atoms with Crippen LogP contribution in [0, 0.1) is 16.0 Å². The molecule has 1 aliphatic carbocycles. The number of guanidine groups is 1. The number of hydrazone groups is 1. The summed E-state index contributed by atoms with van der Waals surface area (Å²) in [5.41, 5.74) is 4.65. The Balaban J connectivity index is 2.56. The molecule has 0 aromatic carbocycles. The van der Waals surface area contributed by atoms with Crippen molar-refractivity contribution in [3.63, 3.8) is 0 Å². The van der Waals surface area contributed by atoms with Crippen molar-refractivity contribution in [2.24, 2.45) is 16.8 Å². The van der Waals surface area contributed by atoms with Crippen molar-refractivity contribution < 1.29 is 24.5 Å². The monoisotopic (exact) mass is 430 g/mol. The molecule has 1 fully saturated rings. The molecule has 1 aliphatic rings. The summed E-state index contributed by atoms with van der Waals surface area (Å²) in [4.78, 5) is 35.0. The minimum atomic E-state index is -0.910. The van der Waals surface area contributed by atoms with Gasteiger partial charge in [0, 0.05) is 13.1 Å². The SMILES string of the molecule is CC(C)(C)OC(=O)N[C@H](CCCN/C(N)=N\[N+](=O)[O-])C(=O)NCC1CCC(O)CC1. The zero-order valence-electron chi connectivity index (χ0n) is 17.8. The van der Waals surface area contributed by atoms with Crippen molar-refractivity contribution in [1.82, 2.24) is 16.0 Å². The van der Waals surface area contributed by atoms with E-state index in [9.17, 15) is 24.8 Å². The van der Waals surface area contributed by atoms with E-state index in [2.05, 4.69) is 21.1 Å². The maximum absolute atomic E-state index is 12.6. The number of aliphatic hydroxyl groups excluding tert-OH is 1. The zero-order chi connectivity index (χ0) is 22.7. The second-order valence-corrected chi connectivity index (χ2v) is 8.41. The Kier molecular flexibility index (Phi) is 10.3. The molecule has 1 rings (SSSR count). The molecule has 0 bridgehead atoms. The van der Waals surface area contributed by atoms with Crippen LogP contribution in [0.1, 0.15) is 59.3 Å². The van der Waals surface area contributed by atoms with Gasteiger partial charge in [-0.3, -0.25) is 4.79 Å². The highest BCUT2D eigenvalue weighted by molar-refractivity contribution is 5.85. The maximum atomic E-state index is 12.6. The molecule has 0 aromatic heterocycles. The summed E-state index contributed by atoms with van der Waals surface area (Å²) in [7, 11) is 0. The molecule has 1 saturated carbocycles. The first-order chi connectivity index (χ1) is 14.0. The predicted octanol–water partition coefficient (Wildman–Crippen LogP) is 0.423. The van der Waals surface area contributed by atoms with Crippen LogP contribution in [0.3, 0.4) is 0 Å². The molecule has 6 N–H and O–H groups in total. The van der Waals surface area contributed by atoms with Crippen LogP contribution in [0.2, 0.25) is 0 Å². The maximum Gasteiger partial charge on any atom is 0.408 e. The van der Waals surface area contributed by atoms with Crippen LogP contribution in [-0.2, 0) is 9.53 Å². The summed E-state index contributed by atoms with van der Waals surface area (Å²) in [6.07, 6.45) is 2.82. The lowest BCUT2D eigenvalue weighted by atomic mass is 9.87. The minimum Gasteiger partial charge on any atom is -0.444 e. The number of carbonyl (C=O) groups excluding carboxylic acids is 2. The standard InChI is InChI=1S/C18H34N6O6/c1-18(2,3)30-17(27)22-14(5-4-10-20-16(19)23-24(28)29)15(26)21-11-12-6-8-13(25)9-7-12/h12-14,25H,4-11H2,1-3H3,(H,21,26)(H,22,27)(H3,19,20,23)/t12?,13?,14-/m1/s1. The average molecular weight is 431 g/mol. The summed E-state index contributed by atoms with van der Waals surface area (Å²) in [5, 5.41) is 29.9. The van der Waals surface area contributed by atoms with Crippen molar-refractivity contribution in [3.8, 4) is 0 Å². The Morgan fingerprint density at radius 1 is 1.27 bits per heavy atom. The van der Waals surface area contributed by atoms with Gasteiger partial charge in [0.25, 0.3) is 5.96 Å². The molecule has 0 saturated heterocycles. The van der Waals surface area contributed by atoms with Gasteiger partial charge >= 0.3 is 6.09 Å². The molecule has 0 aliphatic heterocycles. The Labute approximate surface area is 176 Å². The smallest absolute Gasteiger partial charge is 0.408 e. The normalized spacial score (nSPS) is 20.7. The molecule has 12 nitrogen and oxygen atoms in total. The average Bonchev–Trinajstić information content (AvgIpc) is 2.61. The van der Waals surface area contributed by atoms with Crippen LogP contribution in [0.25, 0.3) is 0 Å². The van der Waals surface area contributed by atoms with Gasteiger partial charge in [-0.05, 0) is 65.2 Å². The van der Waals surface area contributed by atoms with Crippen molar-refractivity contribution in [3.05, 3.63) is 10.1 Å². The number of nitrogens with zero attached hydrogens (tertiary/aromatic N) is 2. The van der Waals surface area contributed by atoms with Gasteiger partial charge in [-0.25, -0.2) is 14.9 Å². The molecular formula is C18H34N6O6. The number of hydrogen-bond acceptors (Lipinski definition) is 6. The molecule has 0 unspecified atom stereocenters. The Morgan fingerprint density at radius 2 is 1.90 bits per heavy atom. The number of nitrogens with one attached hydrogen (secondary N) is 3. The lowest BCUT2D eigenvalue weighted by molar-refractivity contribution is -0.485. The summed E-state index contributed by atoms with van der Waals surface area (Å²) in [6.45, 7) is 5.88. The second-order valence-electron chi connectivity index (χ2n) is 8.41. The van der Waals surface area contributed by atoms with E-state index in [4.69, 9.17) is 10.5 Å². The number of rotatable bonds is 9. The number of alkyl carbamates (subject to hydrolysis) is 1. The van der Waals surface area contributed by atoms with Crippen LogP contribution in [0.5, 0.6) is 0 Å². The van der Waals surface area contributed by atoms with Gasteiger partial charge in [-0.15, -0.1) is 0 Å². The third-order valence-electron chi connectivity index (χ3n) is 4.55. The fourth-order valence-electron chi connectivity index (χ4n) is 3.08. The van der Waals surface area contributed by atoms with E-state index in [1.165, 1.54) is 0 Å². The number of amides is 2. The van der Waals surface area contributed by atoms with E-state index in [-0.39, 0.29) is 30.9 Å². The molecule has 172 valence electrons. The fourth-order valence-corrected chi connectivity index (χ4v) is 3.08. The van der Waals surface area contributed by atoms with Crippen LogP contribution < -0.4 is 21.7 Å². The first kappa shape index (κ1) is 25.4. The van der Waals surface area contributed by atoms with Crippen LogP contribution >= 0.6 is 0 Å². The zero-order valence-corrected chi connectivity index (χ0v) is 17.8. The molecule has 0 spiro atoms. The Morgan fingerprint density at radius 3 is 2.47 bits per heavy atom. The summed E-state index contributed by atoms with van der Waals surface area (Å²) < 4.78 is 5.23. The van der Waals surface area contributed by atoms with E-state index in [1.54, 1.807) is 20.8 Å². The first-order valence-corrected chi connectivity index (χ1v) is 10.1. The predicted molar refractivity (Wildman–Crippen MR) is 110 cm³/mol. The number of carbonyl (C=O) groups is 2. The number of aliphatic hydroxyl groups is 1. The van der Waals surface area contributed by atoms with Gasteiger partial charge in [-0.1, -0.05) is 0 Å². The van der Waals surface area contributed by atoms with Crippen molar-refractivity contribution in [2.75, 3.05) is 13.1 Å². The van der Waals surface area contributed by atoms with Crippen LogP contribution in [-0.4, -0.2) is 58.9 Å². The quantitative estimate of drug-likeness (QED) is 0.115. The van der Waals surface area contributed by atoms with Gasteiger partial charge in [0.15, 0.2) is 5.03 Å². The van der Waals surface area contributed by atoms with Crippen LogP contribution in [0.15, 0.2) is 5.10 Å². The van der Waals surface area contributed by atoms with Crippen molar-refractivity contribution in [1.29, 1.82) is 0 Å². The molecular weight excluding hydrogens is 396 g/mol. The van der Waals surface area contributed by atoms with Crippen molar-refractivity contribution in [2.45, 2.75) is 77.0 Å². The van der Waals surface area contributed by atoms with Gasteiger partial charge in [0.05, 0.1) is 6.10 Å². The number of hydrogen-bond donors (Lipinski definition) is 5. The number of nitrogens with two attached hydrogens (primary N) is 1. The molecule has 0 heterocycles. The first-order valence-electron chi connectivity index (χ1n) is 10.1. The second kappa shape index (κ2) is 12.2. The van der Waals surface area contributed by atoms with Crippen molar-refractivity contribution >= 4 is 18.0 Å². The highest BCUT2D eigenvalue weighted by atomic mass is 16.7. The summed E-state index contributed by atoms with van der Waals surface area (Å²) in [5.74, 6) is -0.376. The third-order valence-corrected chi connectivity index (χ3v) is 4.55. The van der Waals surface area contributed by atoms with Crippen LogP contribution in [0.4, 0.5) is 4.79 Å². The van der Waals surface area contributed by atoms with E-state index in [1.807, 2.05) is 0 Å². The number of ether oxygens (including phenoxy) is 1. The van der Waals surface area contributed by atoms with E-state index < -0.39 is 22.8 Å². The molecule has 30 heavy (non-hydrogen) atoms. The molecule has 1 atom stereocenters. The van der Waals surface area contributed by atoms with E-state index in [0.29, 0.717) is 18.9 Å². The van der Waals surface area contributed by atoms with Gasteiger partial charge in [0.2, 0.25) is 5.91 Å². The number of nitro groups is 1.